The number of esters is 1. The fourth-order valence-corrected chi connectivity index (χ4v) is 2.77. The van der Waals surface area contributed by atoms with Gasteiger partial charge in [-0.2, -0.15) is 0 Å². The second kappa shape index (κ2) is 14.2. The molecule has 0 fully saturated rings. The first-order chi connectivity index (χ1) is 12.7. The van der Waals surface area contributed by atoms with E-state index in [0.717, 1.165) is 18.4 Å². The Kier molecular flexibility index (Phi) is 12.1. The Labute approximate surface area is 158 Å². The van der Waals surface area contributed by atoms with Crippen molar-refractivity contribution in [3.63, 3.8) is 0 Å². The molecule has 1 N–H and O–H groups in total. The van der Waals surface area contributed by atoms with E-state index in [-0.39, 0.29) is 11.7 Å². The van der Waals surface area contributed by atoms with Crippen LogP contribution in [0, 0.1) is 0 Å². The van der Waals surface area contributed by atoms with E-state index in [2.05, 4.69) is 6.92 Å². The maximum atomic E-state index is 11.7. The molecule has 4 nitrogen and oxygen atoms in total. The van der Waals surface area contributed by atoms with Gasteiger partial charge in [0.2, 0.25) is 0 Å². The Bertz CT molecular complexity index is 537. The predicted octanol–water partition coefficient (Wildman–Crippen LogP) is 5.88. The van der Waals surface area contributed by atoms with Gasteiger partial charge in [-0.3, -0.25) is 0 Å². The van der Waals surface area contributed by atoms with E-state index in [1.54, 1.807) is 18.2 Å². The van der Waals surface area contributed by atoms with Gasteiger partial charge in [0.1, 0.15) is 0 Å². The van der Waals surface area contributed by atoms with Crippen LogP contribution in [-0.4, -0.2) is 24.8 Å². The van der Waals surface area contributed by atoms with E-state index >= 15 is 0 Å². The number of ether oxygens (including phenoxy) is 2. The first-order valence-corrected chi connectivity index (χ1v) is 9.89. The van der Waals surface area contributed by atoms with Crippen LogP contribution in [-0.2, 0) is 9.53 Å². The Balaban J connectivity index is 2.06. The Morgan fingerprint density at radius 1 is 1.00 bits per heavy atom. The maximum absolute atomic E-state index is 11.7. The van der Waals surface area contributed by atoms with E-state index in [1.165, 1.54) is 70.6 Å². The van der Waals surface area contributed by atoms with Crippen LogP contribution in [0.1, 0.15) is 76.7 Å². The summed E-state index contributed by atoms with van der Waals surface area (Å²) in [4.78, 5) is 11.7. The molecule has 1 aromatic carbocycles. The summed E-state index contributed by atoms with van der Waals surface area (Å²) >= 11 is 0. The van der Waals surface area contributed by atoms with Crippen molar-refractivity contribution in [3.05, 3.63) is 29.8 Å². The van der Waals surface area contributed by atoms with Crippen molar-refractivity contribution < 1.29 is 19.4 Å². The van der Waals surface area contributed by atoms with Crippen LogP contribution >= 0.6 is 0 Å². The molecule has 26 heavy (non-hydrogen) atoms. The number of aromatic hydroxyl groups is 1. The summed E-state index contributed by atoms with van der Waals surface area (Å²) in [7, 11) is 1.49. The number of phenolic OH excluding ortho intramolecular Hbond substituents is 1. The Hall–Kier alpha value is -1.97. The lowest BCUT2D eigenvalue weighted by atomic mass is 10.1. The number of rotatable bonds is 14. The van der Waals surface area contributed by atoms with Crippen LogP contribution in [0.2, 0.25) is 0 Å². The van der Waals surface area contributed by atoms with Gasteiger partial charge in [0.25, 0.3) is 0 Å². The smallest absolute Gasteiger partial charge is 0.330 e. The van der Waals surface area contributed by atoms with Gasteiger partial charge in [-0.1, -0.05) is 70.8 Å². The fraction of sp³-hybridized carbons (Fsp3) is 0.591. The van der Waals surface area contributed by atoms with Gasteiger partial charge in [-0.25, -0.2) is 4.79 Å². The van der Waals surface area contributed by atoms with Gasteiger partial charge in [-0.15, -0.1) is 0 Å². The number of carbonyl (C=O) groups excluding carboxylic acids is 1. The first-order valence-electron chi connectivity index (χ1n) is 9.89. The zero-order valence-electron chi connectivity index (χ0n) is 16.3. The molecule has 0 saturated carbocycles. The third-order valence-electron chi connectivity index (χ3n) is 4.36. The van der Waals surface area contributed by atoms with Crippen LogP contribution < -0.4 is 4.74 Å². The highest BCUT2D eigenvalue weighted by Gasteiger charge is 2.02. The maximum Gasteiger partial charge on any atom is 0.330 e. The van der Waals surface area contributed by atoms with Gasteiger partial charge in [-0.05, 0) is 30.2 Å². The minimum absolute atomic E-state index is 0.0770. The molecule has 146 valence electrons. The quantitative estimate of drug-likeness (QED) is 0.255. The van der Waals surface area contributed by atoms with Crippen molar-refractivity contribution in [2.75, 3.05) is 13.7 Å². The minimum Gasteiger partial charge on any atom is -0.504 e. The highest BCUT2D eigenvalue weighted by atomic mass is 16.5. The summed E-state index contributed by atoms with van der Waals surface area (Å²) < 4.78 is 10.2. The lowest BCUT2D eigenvalue weighted by molar-refractivity contribution is -0.137. The Morgan fingerprint density at radius 2 is 1.62 bits per heavy atom. The lowest BCUT2D eigenvalue weighted by Gasteiger charge is -2.04. The van der Waals surface area contributed by atoms with E-state index in [1.807, 2.05) is 0 Å². The summed E-state index contributed by atoms with van der Waals surface area (Å²) in [5.74, 6) is 0.118. The van der Waals surface area contributed by atoms with Gasteiger partial charge < -0.3 is 14.6 Å². The minimum atomic E-state index is -0.340. The average molecular weight is 363 g/mol. The largest absolute Gasteiger partial charge is 0.504 e. The summed E-state index contributed by atoms with van der Waals surface area (Å²) in [6, 6.07) is 4.92. The van der Waals surface area contributed by atoms with Crippen LogP contribution in [0.4, 0.5) is 0 Å². The molecular formula is C22H34O4. The number of hydrogen-bond donors (Lipinski definition) is 1. The first kappa shape index (κ1) is 22.1. The van der Waals surface area contributed by atoms with Crippen molar-refractivity contribution in [1.29, 1.82) is 0 Å². The molecule has 0 heterocycles. The van der Waals surface area contributed by atoms with Crippen molar-refractivity contribution in [3.8, 4) is 11.5 Å². The van der Waals surface area contributed by atoms with Crippen molar-refractivity contribution >= 4 is 12.0 Å². The van der Waals surface area contributed by atoms with E-state index in [9.17, 15) is 9.90 Å². The third kappa shape index (κ3) is 10.1. The number of hydrogen-bond acceptors (Lipinski definition) is 4. The van der Waals surface area contributed by atoms with Gasteiger partial charge >= 0.3 is 5.97 Å². The monoisotopic (exact) mass is 362 g/mol. The van der Waals surface area contributed by atoms with Crippen LogP contribution in [0.25, 0.3) is 6.08 Å². The predicted molar refractivity (Wildman–Crippen MR) is 106 cm³/mol. The van der Waals surface area contributed by atoms with E-state index in [4.69, 9.17) is 9.47 Å². The molecule has 0 atom stereocenters. The summed E-state index contributed by atoms with van der Waals surface area (Å²) in [5, 5.41) is 9.54. The molecular weight excluding hydrogens is 328 g/mol. The van der Waals surface area contributed by atoms with Crippen molar-refractivity contribution in [2.24, 2.45) is 0 Å². The standard InChI is InChI=1S/C22H34O4/c1-3-4-5-6-7-8-9-10-11-12-17-26-22(24)16-14-19-13-15-20(23)21(18-19)25-2/h13-16,18,23H,3-12,17H2,1-2H3. The van der Waals surface area contributed by atoms with Crippen LogP contribution in [0.15, 0.2) is 24.3 Å². The highest BCUT2D eigenvalue weighted by Crippen LogP contribution is 2.26. The molecule has 4 heteroatoms. The van der Waals surface area contributed by atoms with E-state index in [0.29, 0.717) is 12.4 Å². The number of phenols is 1. The molecule has 0 aliphatic carbocycles. The molecule has 0 saturated heterocycles. The second-order valence-corrected chi connectivity index (χ2v) is 6.61. The molecule has 1 aromatic rings. The fourth-order valence-electron chi connectivity index (χ4n) is 2.77. The zero-order valence-corrected chi connectivity index (χ0v) is 16.3. The normalized spacial score (nSPS) is 11.0. The molecule has 0 unspecified atom stereocenters. The van der Waals surface area contributed by atoms with Crippen LogP contribution in [0.3, 0.4) is 0 Å². The van der Waals surface area contributed by atoms with Gasteiger partial charge in [0.05, 0.1) is 13.7 Å². The molecule has 0 radical (unpaired) electrons. The van der Waals surface area contributed by atoms with Crippen molar-refractivity contribution in [2.45, 2.75) is 71.1 Å². The number of methoxy groups -OCH3 is 1. The Morgan fingerprint density at radius 3 is 2.23 bits per heavy atom. The molecule has 0 aliphatic rings. The second-order valence-electron chi connectivity index (χ2n) is 6.61. The number of benzene rings is 1. The van der Waals surface area contributed by atoms with E-state index < -0.39 is 0 Å². The van der Waals surface area contributed by atoms with Crippen LogP contribution in [0.5, 0.6) is 11.5 Å². The number of unbranched alkanes of at least 4 members (excludes halogenated alkanes) is 9. The van der Waals surface area contributed by atoms with Gasteiger partial charge in [0, 0.05) is 6.08 Å². The van der Waals surface area contributed by atoms with Crippen molar-refractivity contribution in [1.82, 2.24) is 0 Å². The molecule has 0 bridgehead atoms. The SMILES string of the molecule is CCCCCCCCCCCCOC(=O)C=Cc1ccc(O)c(OC)c1. The molecule has 0 amide bonds. The summed E-state index contributed by atoms with van der Waals surface area (Å²) in [6.45, 7) is 2.71. The number of carbonyl (C=O) groups is 1. The topological polar surface area (TPSA) is 55.8 Å². The molecule has 0 aromatic heterocycles. The third-order valence-corrected chi connectivity index (χ3v) is 4.36. The lowest BCUT2D eigenvalue weighted by Crippen LogP contribution is -2.02. The summed E-state index contributed by atoms with van der Waals surface area (Å²) in [5.41, 5.74) is 0.774. The summed E-state index contributed by atoms with van der Waals surface area (Å²) in [6.07, 6.45) is 15.7. The molecule has 0 spiro atoms. The molecule has 0 aliphatic heterocycles. The highest BCUT2D eigenvalue weighted by molar-refractivity contribution is 5.87. The van der Waals surface area contributed by atoms with Gasteiger partial charge in [0.15, 0.2) is 11.5 Å². The average Bonchev–Trinajstić information content (AvgIpc) is 2.65. The zero-order chi connectivity index (χ0) is 19.0. The molecule has 1 rings (SSSR count).